The summed E-state index contributed by atoms with van der Waals surface area (Å²) in [4.78, 5) is 13.6. The Morgan fingerprint density at radius 2 is 1.84 bits per heavy atom. The number of piperidine rings is 1. The van der Waals surface area contributed by atoms with Gasteiger partial charge in [-0.05, 0) is 87.5 Å². The molecule has 1 saturated carbocycles. The Morgan fingerprint density at radius 1 is 1.16 bits per heavy atom. The van der Waals surface area contributed by atoms with Crippen LogP contribution in [0, 0.1) is 23.2 Å². The summed E-state index contributed by atoms with van der Waals surface area (Å²) in [6, 6.07) is 12.9. The van der Waals surface area contributed by atoms with E-state index in [1.807, 2.05) is 6.07 Å². The van der Waals surface area contributed by atoms with E-state index < -0.39 is 5.97 Å². The zero-order valence-electron chi connectivity index (χ0n) is 19.2. The Balaban J connectivity index is 1.54. The number of hydrogen-bond acceptors (Lipinski definition) is 4. The van der Waals surface area contributed by atoms with Crippen LogP contribution in [0.25, 0.3) is 10.8 Å². The van der Waals surface area contributed by atoms with Gasteiger partial charge in [-0.15, -0.1) is 0 Å². The average molecular weight is 435 g/mol. The summed E-state index contributed by atoms with van der Waals surface area (Å²) in [6.07, 6.45) is 7.34. The molecule has 2 aromatic carbocycles. The van der Waals surface area contributed by atoms with Crippen LogP contribution in [0.4, 0.5) is 0 Å². The van der Waals surface area contributed by atoms with Crippen molar-refractivity contribution in [3.05, 3.63) is 41.5 Å². The van der Waals surface area contributed by atoms with Crippen LogP contribution < -0.4 is 4.74 Å². The van der Waals surface area contributed by atoms with Gasteiger partial charge in [0.2, 0.25) is 0 Å². The van der Waals surface area contributed by atoms with Gasteiger partial charge in [0.05, 0.1) is 12.0 Å². The molecule has 0 amide bonds. The second kappa shape index (κ2) is 9.92. The van der Waals surface area contributed by atoms with Crippen LogP contribution in [0.2, 0.25) is 0 Å². The van der Waals surface area contributed by atoms with E-state index in [1.54, 1.807) is 0 Å². The third-order valence-corrected chi connectivity index (χ3v) is 7.69. The first-order chi connectivity index (χ1) is 15.5. The summed E-state index contributed by atoms with van der Waals surface area (Å²) >= 11 is 0. The SMILES string of the molecule is CC[C@H]1CC[C@@H](Oc2ccc3ccc(C(C)N4CCC(C(=O)O)CC4)cc3c2C#N)CC1. The summed E-state index contributed by atoms with van der Waals surface area (Å²) in [5, 5.41) is 21.2. The normalized spacial score (nSPS) is 23.5. The van der Waals surface area contributed by atoms with Gasteiger partial charge in [0.25, 0.3) is 0 Å². The smallest absolute Gasteiger partial charge is 0.306 e. The van der Waals surface area contributed by atoms with E-state index in [0.717, 1.165) is 48.2 Å². The maximum atomic E-state index is 11.3. The molecular formula is C27H34N2O3. The highest BCUT2D eigenvalue weighted by Crippen LogP contribution is 2.35. The predicted molar refractivity (Wildman–Crippen MR) is 126 cm³/mol. The molecule has 5 nitrogen and oxygen atoms in total. The van der Waals surface area contributed by atoms with Gasteiger partial charge in [-0.25, -0.2) is 0 Å². The number of hydrogen-bond donors (Lipinski definition) is 1. The maximum Gasteiger partial charge on any atom is 0.306 e. The molecule has 4 rings (SSSR count). The standard InChI is InChI=1S/C27H34N2O3/c1-3-19-4-9-23(10-5-19)32-26-11-8-20-6-7-22(16-24(20)25(26)17-28)18(2)29-14-12-21(13-15-29)27(30)31/h6-8,11,16,18-19,21,23H,3-5,9-10,12-15H2,1-2H3,(H,30,31)/t18?,19-,23+. The van der Waals surface area contributed by atoms with Crippen LogP contribution >= 0.6 is 0 Å². The number of carbonyl (C=O) groups is 1. The summed E-state index contributed by atoms with van der Waals surface area (Å²) in [7, 11) is 0. The molecule has 32 heavy (non-hydrogen) atoms. The molecule has 0 radical (unpaired) electrons. The third kappa shape index (κ3) is 4.76. The van der Waals surface area contributed by atoms with Gasteiger partial charge in [-0.3, -0.25) is 9.69 Å². The largest absolute Gasteiger partial charge is 0.489 e. The predicted octanol–water partition coefficient (Wildman–Crippen LogP) is 5.92. The number of fused-ring (bicyclic) bond motifs is 1. The van der Waals surface area contributed by atoms with E-state index in [0.29, 0.717) is 24.2 Å². The van der Waals surface area contributed by atoms with Crippen molar-refractivity contribution in [1.82, 2.24) is 4.90 Å². The molecule has 1 N–H and O–H groups in total. The molecule has 1 aliphatic carbocycles. The van der Waals surface area contributed by atoms with Crippen molar-refractivity contribution in [2.45, 2.75) is 70.9 Å². The number of rotatable bonds is 6. The summed E-state index contributed by atoms with van der Waals surface area (Å²) in [5.74, 6) is 0.600. The Bertz CT molecular complexity index is 996. The van der Waals surface area contributed by atoms with E-state index >= 15 is 0 Å². The zero-order valence-corrected chi connectivity index (χ0v) is 19.2. The Labute approximate surface area is 191 Å². The van der Waals surface area contributed by atoms with Crippen molar-refractivity contribution < 1.29 is 14.6 Å². The molecule has 1 heterocycles. The molecule has 0 bridgehead atoms. The summed E-state index contributed by atoms with van der Waals surface area (Å²) in [6.45, 7) is 5.99. The van der Waals surface area contributed by atoms with E-state index in [1.165, 1.54) is 19.3 Å². The van der Waals surface area contributed by atoms with Gasteiger partial charge in [-0.2, -0.15) is 5.26 Å². The highest BCUT2D eigenvalue weighted by atomic mass is 16.5. The lowest BCUT2D eigenvalue weighted by atomic mass is 9.86. The van der Waals surface area contributed by atoms with Gasteiger partial charge in [0, 0.05) is 11.4 Å². The Kier molecular flexibility index (Phi) is 7.01. The molecule has 5 heteroatoms. The zero-order chi connectivity index (χ0) is 22.7. The number of benzene rings is 2. The van der Waals surface area contributed by atoms with Crippen LogP contribution in [-0.2, 0) is 4.79 Å². The third-order valence-electron chi connectivity index (χ3n) is 7.69. The van der Waals surface area contributed by atoms with E-state index in [9.17, 15) is 15.2 Å². The van der Waals surface area contributed by atoms with Crippen LogP contribution in [-0.4, -0.2) is 35.2 Å². The first-order valence-corrected chi connectivity index (χ1v) is 12.1. The molecule has 1 saturated heterocycles. The molecular weight excluding hydrogens is 400 g/mol. The number of carboxylic acid groups (broad SMARTS) is 1. The van der Waals surface area contributed by atoms with Crippen LogP contribution in [0.3, 0.4) is 0 Å². The molecule has 2 fully saturated rings. The number of nitrogens with zero attached hydrogens (tertiary/aromatic N) is 2. The fourth-order valence-electron chi connectivity index (χ4n) is 5.37. The van der Waals surface area contributed by atoms with Crippen LogP contribution in [0.15, 0.2) is 30.3 Å². The topological polar surface area (TPSA) is 73.6 Å². The molecule has 2 aromatic rings. The van der Waals surface area contributed by atoms with Gasteiger partial charge in [0.15, 0.2) is 0 Å². The van der Waals surface area contributed by atoms with Gasteiger partial charge >= 0.3 is 5.97 Å². The van der Waals surface area contributed by atoms with Crippen LogP contribution in [0.1, 0.15) is 76.0 Å². The number of aliphatic carboxylic acids is 1. The van der Waals surface area contributed by atoms with E-state index in [2.05, 4.69) is 49.1 Å². The minimum atomic E-state index is -0.683. The van der Waals surface area contributed by atoms with Crippen molar-refractivity contribution in [2.75, 3.05) is 13.1 Å². The van der Waals surface area contributed by atoms with Crippen molar-refractivity contribution in [3.63, 3.8) is 0 Å². The lowest BCUT2D eigenvalue weighted by molar-refractivity contribution is -0.143. The number of ether oxygens (including phenoxy) is 1. The first kappa shape index (κ1) is 22.6. The molecule has 1 atom stereocenters. The first-order valence-electron chi connectivity index (χ1n) is 12.1. The van der Waals surface area contributed by atoms with E-state index in [4.69, 9.17) is 4.74 Å². The maximum absolute atomic E-state index is 11.3. The minimum absolute atomic E-state index is 0.176. The summed E-state index contributed by atoms with van der Waals surface area (Å²) in [5.41, 5.74) is 1.78. The second-order valence-corrected chi connectivity index (χ2v) is 9.52. The molecule has 1 unspecified atom stereocenters. The molecule has 170 valence electrons. The van der Waals surface area contributed by atoms with Gasteiger partial charge < -0.3 is 9.84 Å². The minimum Gasteiger partial charge on any atom is -0.489 e. The van der Waals surface area contributed by atoms with Crippen LogP contribution in [0.5, 0.6) is 5.75 Å². The summed E-state index contributed by atoms with van der Waals surface area (Å²) < 4.78 is 6.34. The van der Waals surface area contributed by atoms with Crippen molar-refractivity contribution in [1.29, 1.82) is 5.26 Å². The Morgan fingerprint density at radius 3 is 2.47 bits per heavy atom. The average Bonchev–Trinajstić information content (AvgIpc) is 2.83. The van der Waals surface area contributed by atoms with Gasteiger partial charge in [-0.1, -0.05) is 31.5 Å². The molecule has 0 aromatic heterocycles. The fraction of sp³-hybridized carbons (Fsp3) is 0.556. The second-order valence-electron chi connectivity index (χ2n) is 9.52. The number of likely N-dealkylation sites (tertiary alicyclic amines) is 1. The van der Waals surface area contributed by atoms with Crippen molar-refractivity contribution in [2.24, 2.45) is 11.8 Å². The lowest BCUT2D eigenvalue weighted by Crippen LogP contribution is -2.37. The van der Waals surface area contributed by atoms with Crippen molar-refractivity contribution >= 4 is 16.7 Å². The highest BCUT2D eigenvalue weighted by molar-refractivity contribution is 5.90. The lowest BCUT2D eigenvalue weighted by Gasteiger charge is -2.35. The molecule has 2 aliphatic rings. The van der Waals surface area contributed by atoms with E-state index in [-0.39, 0.29) is 18.1 Å². The number of nitriles is 1. The van der Waals surface area contributed by atoms with Crippen molar-refractivity contribution in [3.8, 4) is 11.8 Å². The highest BCUT2D eigenvalue weighted by Gasteiger charge is 2.28. The molecule has 0 spiro atoms. The van der Waals surface area contributed by atoms with Gasteiger partial charge in [0.1, 0.15) is 17.4 Å². The monoisotopic (exact) mass is 434 g/mol. The number of carboxylic acids is 1. The molecule has 1 aliphatic heterocycles. The fourth-order valence-corrected chi connectivity index (χ4v) is 5.37. The quantitative estimate of drug-likeness (QED) is 0.611. The Hall–Kier alpha value is -2.58.